The SMILES string of the molecule is C=C(C)[C@@H]1CC[C@@H](C(=O)O)C[C@H]1c1ccc(CO)cc1. The molecule has 0 unspecified atom stereocenters. The number of hydrogen-bond acceptors (Lipinski definition) is 2. The van der Waals surface area contributed by atoms with E-state index in [1.807, 2.05) is 31.2 Å². The van der Waals surface area contributed by atoms with E-state index in [0.29, 0.717) is 12.3 Å². The number of aliphatic hydroxyl groups excluding tert-OH is 1. The molecule has 1 aromatic carbocycles. The first-order chi connectivity index (χ1) is 9.52. The van der Waals surface area contributed by atoms with Crippen molar-refractivity contribution in [3.05, 3.63) is 47.5 Å². The second kappa shape index (κ2) is 6.23. The smallest absolute Gasteiger partial charge is 0.306 e. The van der Waals surface area contributed by atoms with Gasteiger partial charge in [0.1, 0.15) is 0 Å². The number of aliphatic hydroxyl groups is 1. The van der Waals surface area contributed by atoms with Crippen LogP contribution in [0.15, 0.2) is 36.4 Å². The predicted octanol–water partition coefficient (Wildman–Crippen LogP) is 3.34. The van der Waals surface area contributed by atoms with E-state index in [4.69, 9.17) is 5.11 Å². The van der Waals surface area contributed by atoms with Gasteiger partial charge in [0.05, 0.1) is 12.5 Å². The summed E-state index contributed by atoms with van der Waals surface area (Å²) in [6.45, 7) is 6.13. The lowest BCUT2D eigenvalue weighted by Gasteiger charge is -2.35. The Morgan fingerprint density at radius 2 is 1.95 bits per heavy atom. The average Bonchev–Trinajstić information content (AvgIpc) is 2.46. The van der Waals surface area contributed by atoms with Crippen molar-refractivity contribution in [2.75, 3.05) is 0 Å². The summed E-state index contributed by atoms with van der Waals surface area (Å²) in [5.41, 5.74) is 3.16. The van der Waals surface area contributed by atoms with E-state index < -0.39 is 5.97 Å². The highest BCUT2D eigenvalue weighted by Crippen LogP contribution is 2.43. The molecule has 0 radical (unpaired) electrons. The molecule has 1 fully saturated rings. The van der Waals surface area contributed by atoms with E-state index in [-0.39, 0.29) is 18.4 Å². The Balaban J connectivity index is 2.25. The van der Waals surface area contributed by atoms with Crippen molar-refractivity contribution in [2.24, 2.45) is 11.8 Å². The maximum Gasteiger partial charge on any atom is 0.306 e. The molecule has 0 amide bonds. The van der Waals surface area contributed by atoms with E-state index in [0.717, 1.165) is 29.5 Å². The number of benzene rings is 1. The van der Waals surface area contributed by atoms with Crippen LogP contribution in [0.2, 0.25) is 0 Å². The van der Waals surface area contributed by atoms with Gasteiger partial charge in [-0.2, -0.15) is 0 Å². The molecule has 0 bridgehead atoms. The quantitative estimate of drug-likeness (QED) is 0.828. The molecular formula is C17H22O3. The molecule has 108 valence electrons. The Bertz CT molecular complexity index is 489. The first kappa shape index (κ1) is 14.8. The van der Waals surface area contributed by atoms with Crippen molar-refractivity contribution < 1.29 is 15.0 Å². The summed E-state index contributed by atoms with van der Waals surface area (Å²) in [6.07, 6.45) is 2.29. The lowest BCUT2D eigenvalue weighted by atomic mass is 9.69. The van der Waals surface area contributed by atoms with Gasteiger partial charge >= 0.3 is 5.97 Å². The third-order valence-electron chi connectivity index (χ3n) is 4.42. The number of carbonyl (C=O) groups is 1. The standard InChI is InChI=1S/C17H22O3/c1-11(2)15-8-7-14(17(19)20)9-16(15)13-5-3-12(10-18)4-6-13/h3-6,14-16,18H,1,7-10H2,2H3,(H,19,20)/t14-,15+,16+/m1/s1. The molecule has 0 saturated heterocycles. The van der Waals surface area contributed by atoms with Crippen molar-refractivity contribution >= 4 is 5.97 Å². The summed E-state index contributed by atoms with van der Waals surface area (Å²) in [5, 5.41) is 18.4. The molecule has 0 spiro atoms. The van der Waals surface area contributed by atoms with Crippen LogP contribution < -0.4 is 0 Å². The van der Waals surface area contributed by atoms with E-state index in [1.165, 1.54) is 0 Å². The molecular weight excluding hydrogens is 252 g/mol. The van der Waals surface area contributed by atoms with Crippen molar-refractivity contribution in [1.29, 1.82) is 0 Å². The summed E-state index contributed by atoms with van der Waals surface area (Å²) in [6, 6.07) is 7.84. The Morgan fingerprint density at radius 1 is 1.30 bits per heavy atom. The predicted molar refractivity (Wildman–Crippen MR) is 78.4 cm³/mol. The summed E-state index contributed by atoms with van der Waals surface area (Å²) in [5.74, 6) is -0.379. The molecule has 0 aliphatic heterocycles. The lowest BCUT2D eigenvalue weighted by Crippen LogP contribution is -2.28. The number of carboxylic acid groups (broad SMARTS) is 1. The maximum atomic E-state index is 11.3. The summed E-state index contributed by atoms with van der Waals surface area (Å²) in [7, 11) is 0. The fourth-order valence-electron chi connectivity index (χ4n) is 3.22. The van der Waals surface area contributed by atoms with Gasteiger partial charge in [-0.1, -0.05) is 36.4 Å². The van der Waals surface area contributed by atoms with Gasteiger partial charge in [-0.05, 0) is 49.1 Å². The molecule has 3 atom stereocenters. The van der Waals surface area contributed by atoms with Gasteiger partial charge in [0.2, 0.25) is 0 Å². The highest BCUT2D eigenvalue weighted by Gasteiger charge is 2.34. The summed E-state index contributed by atoms with van der Waals surface area (Å²) < 4.78 is 0. The normalized spacial score (nSPS) is 26.2. The Hall–Kier alpha value is -1.61. The van der Waals surface area contributed by atoms with E-state index in [2.05, 4.69) is 6.58 Å². The van der Waals surface area contributed by atoms with E-state index in [9.17, 15) is 9.90 Å². The fraction of sp³-hybridized carbons (Fsp3) is 0.471. The van der Waals surface area contributed by atoms with Crippen LogP contribution in [-0.4, -0.2) is 16.2 Å². The molecule has 3 heteroatoms. The first-order valence-corrected chi connectivity index (χ1v) is 7.10. The molecule has 20 heavy (non-hydrogen) atoms. The van der Waals surface area contributed by atoms with Crippen molar-refractivity contribution in [1.82, 2.24) is 0 Å². The van der Waals surface area contributed by atoms with Crippen LogP contribution in [0.5, 0.6) is 0 Å². The molecule has 1 aliphatic carbocycles. The van der Waals surface area contributed by atoms with Gasteiger partial charge in [-0.15, -0.1) is 0 Å². The minimum absolute atomic E-state index is 0.0343. The second-order valence-corrected chi connectivity index (χ2v) is 5.81. The average molecular weight is 274 g/mol. The Labute approximate surface area is 120 Å². The molecule has 1 aliphatic rings. The minimum Gasteiger partial charge on any atom is -0.481 e. The summed E-state index contributed by atoms with van der Waals surface area (Å²) in [4.78, 5) is 11.3. The van der Waals surface area contributed by atoms with Crippen molar-refractivity contribution in [3.63, 3.8) is 0 Å². The Kier molecular flexibility index (Phi) is 4.61. The molecule has 1 saturated carbocycles. The van der Waals surface area contributed by atoms with Gasteiger partial charge in [0, 0.05) is 0 Å². The van der Waals surface area contributed by atoms with Gasteiger partial charge in [-0.25, -0.2) is 0 Å². The molecule has 3 nitrogen and oxygen atoms in total. The van der Waals surface area contributed by atoms with Gasteiger partial charge in [0.15, 0.2) is 0 Å². The zero-order valence-corrected chi connectivity index (χ0v) is 11.9. The van der Waals surface area contributed by atoms with Crippen LogP contribution >= 0.6 is 0 Å². The van der Waals surface area contributed by atoms with E-state index >= 15 is 0 Å². The highest BCUT2D eigenvalue weighted by molar-refractivity contribution is 5.70. The maximum absolute atomic E-state index is 11.3. The van der Waals surface area contributed by atoms with Crippen LogP contribution in [0.3, 0.4) is 0 Å². The Morgan fingerprint density at radius 3 is 2.45 bits per heavy atom. The van der Waals surface area contributed by atoms with E-state index in [1.54, 1.807) is 0 Å². The topological polar surface area (TPSA) is 57.5 Å². The van der Waals surface area contributed by atoms with Crippen LogP contribution in [-0.2, 0) is 11.4 Å². The number of hydrogen-bond donors (Lipinski definition) is 2. The number of aliphatic carboxylic acids is 1. The van der Waals surface area contributed by atoms with Gasteiger partial charge in [0.25, 0.3) is 0 Å². The van der Waals surface area contributed by atoms with Crippen LogP contribution in [0.1, 0.15) is 43.2 Å². The van der Waals surface area contributed by atoms with Crippen LogP contribution in [0, 0.1) is 11.8 Å². The van der Waals surface area contributed by atoms with Crippen molar-refractivity contribution in [3.8, 4) is 0 Å². The third-order valence-corrected chi connectivity index (χ3v) is 4.42. The molecule has 0 heterocycles. The van der Waals surface area contributed by atoms with Crippen LogP contribution in [0.25, 0.3) is 0 Å². The lowest BCUT2D eigenvalue weighted by molar-refractivity contribution is -0.143. The summed E-state index contributed by atoms with van der Waals surface area (Å²) >= 11 is 0. The fourth-order valence-corrected chi connectivity index (χ4v) is 3.22. The molecule has 1 aromatic rings. The number of carboxylic acids is 1. The van der Waals surface area contributed by atoms with Gasteiger partial charge in [-0.3, -0.25) is 4.79 Å². The number of rotatable bonds is 4. The minimum atomic E-state index is -0.692. The monoisotopic (exact) mass is 274 g/mol. The van der Waals surface area contributed by atoms with Crippen molar-refractivity contribution in [2.45, 2.75) is 38.7 Å². The zero-order chi connectivity index (χ0) is 14.7. The van der Waals surface area contributed by atoms with Crippen LogP contribution in [0.4, 0.5) is 0 Å². The van der Waals surface area contributed by atoms with Gasteiger partial charge < -0.3 is 10.2 Å². The molecule has 2 rings (SSSR count). The third kappa shape index (κ3) is 3.10. The highest BCUT2D eigenvalue weighted by atomic mass is 16.4. The number of allylic oxidation sites excluding steroid dienone is 1. The largest absolute Gasteiger partial charge is 0.481 e. The molecule has 2 N–H and O–H groups in total. The first-order valence-electron chi connectivity index (χ1n) is 7.10. The molecule has 0 aromatic heterocycles. The second-order valence-electron chi connectivity index (χ2n) is 5.81. The zero-order valence-electron chi connectivity index (χ0n) is 11.9.